The van der Waals surface area contributed by atoms with Gasteiger partial charge in [0.2, 0.25) is 5.91 Å². The van der Waals surface area contributed by atoms with Crippen LogP contribution in [0.15, 0.2) is 48.8 Å². The summed E-state index contributed by atoms with van der Waals surface area (Å²) in [6.07, 6.45) is 9.75. The Labute approximate surface area is 159 Å². The van der Waals surface area contributed by atoms with Gasteiger partial charge in [0.15, 0.2) is 0 Å². The van der Waals surface area contributed by atoms with Gasteiger partial charge < -0.3 is 10.2 Å². The SMILES string of the molecule is O=C(Nc1cccc(C(=O)N2CCCCC[C@@H]2c2ccncc2)c1)C1CC1. The third-order valence-corrected chi connectivity index (χ3v) is 5.43. The second-order valence-electron chi connectivity index (χ2n) is 7.49. The molecule has 2 amide bonds. The van der Waals surface area contributed by atoms with Crippen LogP contribution < -0.4 is 5.32 Å². The van der Waals surface area contributed by atoms with Gasteiger partial charge in [0, 0.05) is 36.1 Å². The van der Waals surface area contributed by atoms with Crippen molar-refractivity contribution in [2.24, 2.45) is 5.92 Å². The van der Waals surface area contributed by atoms with Crippen molar-refractivity contribution in [2.45, 2.75) is 44.6 Å². The molecule has 1 saturated carbocycles. The smallest absolute Gasteiger partial charge is 0.254 e. The van der Waals surface area contributed by atoms with Crippen LogP contribution in [0.4, 0.5) is 5.69 Å². The number of aromatic nitrogens is 1. The Morgan fingerprint density at radius 3 is 2.59 bits per heavy atom. The highest BCUT2D eigenvalue weighted by atomic mass is 16.2. The largest absolute Gasteiger partial charge is 0.332 e. The van der Waals surface area contributed by atoms with Gasteiger partial charge in [-0.2, -0.15) is 0 Å². The first-order valence-electron chi connectivity index (χ1n) is 9.84. The number of nitrogens with one attached hydrogen (secondary N) is 1. The highest BCUT2D eigenvalue weighted by Gasteiger charge is 2.30. The fourth-order valence-electron chi connectivity index (χ4n) is 3.77. The molecule has 2 heterocycles. The van der Waals surface area contributed by atoms with Crippen LogP contribution in [0, 0.1) is 5.92 Å². The molecule has 1 aromatic heterocycles. The lowest BCUT2D eigenvalue weighted by Crippen LogP contribution is -2.34. The van der Waals surface area contributed by atoms with Crippen LogP contribution in [-0.4, -0.2) is 28.2 Å². The number of carbonyl (C=O) groups excluding carboxylic acids is 2. The van der Waals surface area contributed by atoms with Crippen molar-refractivity contribution in [3.63, 3.8) is 0 Å². The zero-order valence-corrected chi connectivity index (χ0v) is 15.4. The lowest BCUT2D eigenvalue weighted by molar-refractivity contribution is -0.117. The Bertz CT molecular complexity index is 817. The van der Waals surface area contributed by atoms with Gasteiger partial charge in [0.25, 0.3) is 5.91 Å². The number of hydrogen-bond donors (Lipinski definition) is 1. The number of carbonyl (C=O) groups is 2. The minimum Gasteiger partial charge on any atom is -0.332 e. The molecule has 1 aromatic carbocycles. The normalized spacial score (nSPS) is 20.0. The lowest BCUT2D eigenvalue weighted by Gasteiger charge is -2.30. The molecule has 1 aliphatic heterocycles. The van der Waals surface area contributed by atoms with Gasteiger partial charge in [0.05, 0.1) is 6.04 Å². The molecule has 1 aliphatic carbocycles. The van der Waals surface area contributed by atoms with E-state index in [9.17, 15) is 9.59 Å². The number of hydrogen-bond acceptors (Lipinski definition) is 3. The summed E-state index contributed by atoms with van der Waals surface area (Å²) in [4.78, 5) is 31.4. The molecule has 27 heavy (non-hydrogen) atoms. The van der Waals surface area contributed by atoms with E-state index >= 15 is 0 Å². The van der Waals surface area contributed by atoms with Crippen molar-refractivity contribution < 1.29 is 9.59 Å². The van der Waals surface area contributed by atoms with Crippen molar-refractivity contribution in [1.29, 1.82) is 0 Å². The summed E-state index contributed by atoms with van der Waals surface area (Å²) in [6, 6.07) is 11.4. The van der Waals surface area contributed by atoms with Gasteiger partial charge in [-0.15, -0.1) is 0 Å². The third-order valence-electron chi connectivity index (χ3n) is 5.43. The standard InChI is InChI=1S/C22H25N3O2/c26-21(17-8-9-17)24-19-6-4-5-18(15-19)22(27)25-14-3-1-2-7-20(25)16-10-12-23-13-11-16/h4-6,10-13,15,17,20H,1-3,7-9,14H2,(H,24,26)/t20-/m1/s1. The average molecular weight is 363 g/mol. The lowest BCUT2D eigenvalue weighted by atomic mass is 10.0. The predicted octanol–water partition coefficient (Wildman–Crippen LogP) is 4.19. The van der Waals surface area contributed by atoms with E-state index in [4.69, 9.17) is 0 Å². The van der Waals surface area contributed by atoms with E-state index in [1.807, 2.05) is 35.2 Å². The summed E-state index contributed by atoms with van der Waals surface area (Å²) in [5.41, 5.74) is 2.47. The molecule has 2 fully saturated rings. The summed E-state index contributed by atoms with van der Waals surface area (Å²) in [5.74, 6) is 0.233. The van der Waals surface area contributed by atoms with Gasteiger partial charge in [-0.1, -0.05) is 18.9 Å². The average Bonchev–Trinajstić information content (AvgIpc) is 3.55. The van der Waals surface area contributed by atoms with Crippen LogP contribution >= 0.6 is 0 Å². The molecule has 140 valence electrons. The Hall–Kier alpha value is -2.69. The molecule has 5 nitrogen and oxygen atoms in total. The van der Waals surface area contributed by atoms with Crippen molar-refractivity contribution in [2.75, 3.05) is 11.9 Å². The minimum absolute atomic E-state index is 0.0289. The van der Waals surface area contributed by atoms with E-state index < -0.39 is 0 Å². The Kier molecular flexibility index (Phi) is 5.19. The molecule has 0 radical (unpaired) electrons. The van der Waals surface area contributed by atoms with Crippen LogP contribution in [-0.2, 0) is 4.79 Å². The third kappa shape index (κ3) is 4.18. The van der Waals surface area contributed by atoms with Crippen LogP contribution in [0.1, 0.15) is 60.5 Å². The monoisotopic (exact) mass is 363 g/mol. The Morgan fingerprint density at radius 2 is 1.81 bits per heavy atom. The van der Waals surface area contributed by atoms with Gasteiger partial charge in [-0.25, -0.2) is 0 Å². The summed E-state index contributed by atoms with van der Waals surface area (Å²) in [7, 11) is 0. The molecule has 0 unspecified atom stereocenters. The van der Waals surface area contributed by atoms with Crippen molar-refractivity contribution in [1.82, 2.24) is 9.88 Å². The number of pyridine rings is 1. The molecule has 2 aliphatic rings. The quantitative estimate of drug-likeness (QED) is 0.886. The van der Waals surface area contributed by atoms with Gasteiger partial charge >= 0.3 is 0 Å². The van der Waals surface area contributed by atoms with E-state index in [1.54, 1.807) is 18.5 Å². The van der Waals surface area contributed by atoms with E-state index in [2.05, 4.69) is 10.3 Å². The number of anilines is 1. The molecule has 1 saturated heterocycles. The fraction of sp³-hybridized carbons (Fsp3) is 0.409. The molecule has 1 atom stereocenters. The first-order valence-corrected chi connectivity index (χ1v) is 9.84. The van der Waals surface area contributed by atoms with Crippen molar-refractivity contribution >= 4 is 17.5 Å². The zero-order valence-electron chi connectivity index (χ0n) is 15.4. The van der Waals surface area contributed by atoms with E-state index in [0.717, 1.165) is 50.6 Å². The fourth-order valence-corrected chi connectivity index (χ4v) is 3.77. The van der Waals surface area contributed by atoms with Crippen LogP contribution in [0.2, 0.25) is 0 Å². The topological polar surface area (TPSA) is 62.3 Å². The second kappa shape index (κ2) is 7.91. The number of nitrogens with zero attached hydrogens (tertiary/aromatic N) is 2. The maximum atomic E-state index is 13.3. The van der Waals surface area contributed by atoms with Crippen LogP contribution in [0.5, 0.6) is 0 Å². The van der Waals surface area contributed by atoms with E-state index in [-0.39, 0.29) is 23.8 Å². The highest BCUT2D eigenvalue weighted by molar-refractivity contribution is 5.98. The Morgan fingerprint density at radius 1 is 1.00 bits per heavy atom. The molecule has 2 aromatic rings. The molecule has 4 rings (SSSR count). The molecule has 1 N–H and O–H groups in total. The van der Waals surface area contributed by atoms with E-state index in [1.165, 1.54) is 0 Å². The first kappa shape index (κ1) is 17.7. The molecule has 5 heteroatoms. The predicted molar refractivity (Wildman–Crippen MR) is 104 cm³/mol. The minimum atomic E-state index is 0.0289. The molecule has 0 spiro atoms. The van der Waals surface area contributed by atoms with Gasteiger partial charge in [-0.3, -0.25) is 14.6 Å². The maximum Gasteiger partial charge on any atom is 0.254 e. The number of rotatable bonds is 4. The Balaban J connectivity index is 1.56. The van der Waals surface area contributed by atoms with Gasteiger partial charge in [0.1, 0.15) is 0 Å². The summed E-state index contributed by atoms with van der Waals surface area (Å²) < 4.78 is 0. The summed E-state index contributed by atoms with van der Waals surface area (Å²) in [5, 5.41) is 2.94. The van der Waals surface area contributed by atoms with Crippen molar-refractivity contribution in [3.8, 4) is 0 Å². The number of likely N-dealkylation sites (tertiary alicyclic amines) is 1. The summed E-state index contributed by atoms with van der Waals surface area (Å²) >= 11 is 0. The van der Waals surface area contributed by atoms with Crippen LogP contribution in [0.25, 0.3) is 0 Å². The van der Waals surface area contributed by atoms with Crippen molar-refractivity contribution in [3.05, 3.63) is 59.9 Å². The molecule has 0 bridgehead atoms. The first-order chi connectivity index (χ1) is 13.2. The molecular weight excluding hydrogens is 338 g/mol. The van der Waals surface area contributed by atoms with Gasteiger partial charge in [-0.05, 0) is 61.6 Å². The van der Waals surface area contributed by atoms with E-state index in [0.29, 0.717) is 11.3 Å². The summed E-state index contributed by atoms with van der Waals surface area (Å²) in [6.45, 7) is 0.754. The number of amides is 2. The number of benzene rings is 1. The second-order valence-corrected chi connectivity index (χ2v) is 7.49. The van der Waals surface area contributed by atoms with Crippen LogP contribution in [0.3, 0.4) is 0 Å². The highest BCUT2D eigenvalue weighted by Crippen LogP contribution is 2.32. The zero-order chi connectivity index (χ0) is 18.6. The maximum absolute atomic E-state index is 13.3. The molecular formula is C22H25N3O2.